The molecule has 0 unspecified atom stereocenters. The zero-order valence-corrected chi connectivity index (χ0v) is 20.6. The monoisotopic (exact) mass is 459 g/mol. The van der Waals surface area contributed by atoms with Crippen LogP contribution in [0.25, 0.3) is 10.9 Å². The zero-order valence-electron chi connectivity index (χ0n) is 20.6. The highest BCUT2D eigenvalue weighted by Gasteiger charge is 2.30. The topological polar surface area (TPSA) is 92.6 Å². The molecule has 0 radical (unpaired) electrons. The summed E-state index contributed by atoms with van der Waals surface area (Å²) in [6.07, 6.45) is 5.46. The number of benzene rings is 1. The number of fused-ring (bicyclic) bond motifs is 1. The van der Waals surface area contributed by atoms with Gasteiger partial charge in [0.1, 0.15) is 0 Å². The maximum absolute atomic E-state index is 13.1. The molecule has 4 rings (SSSR count). The fourth-order valence-corrected chi connectivity index (χ4v) is 4.34. The number of H-pyrrole nitrogens is 1. The maximum atomic E-state index is 13.1. The summed E-state index contributed by atoms with van der Waals surface area (Å²) in [7, 11) is 0. The van der Waals surface area contributed by atoms with E-state index in [1.165, 1.54) is 0 Å². The summed E-state index contributed by atoms with van der Waals surface area (Å²) >= 11 is 0. The molecule has 3 heterocycles. The normalized spacial score (nSPS) is 13.0. The largest absolute Gasteiger partial charge is 0.322 e. The lowest BCUT2D eigenvalue weighted by Gasteiger charge is -2.32. The molecule has 0 amide bonds. The highest BCUT2D eigenvalue weighted by Crippen LogP contribution is 2.30. The van der Waals surface area contributed by atoms with Crippen LogP contribution in [-0.4, -0.2) is 35.1 Å². The van der Waals surface area contributed by atoms with Gasteiger partial charge in [-0.3, -0.25) is 14.7 Å². The van der Waals surface area contributed by atoms with Gasteiger partial charge in [-0.05, 0) is 79.8 Å². The smallest absolute Gasteiger partial charge is 0.252 e. The molecule has 1 N–H and O–H groups in total. The molecule has 178 valence electrons. The molecule has 3 aromatic heterocycles. The molecular weight excluding hydrogens is 426 g/mol. The number of pyridine rings is 2. The predicted molar refractivity (Wildman–Crippen MR) is 133 cm³/mol. The van der Waals surface area contributed by atoms with Crippen molar-refractivity contribution < 1.29 is 0 Å². The van der Waals surface area contributed by atoms with Crippen LogP contribution < -0.4 is 5.56 Å². The van der Waals surface area contributed by atoms with Crippen molar-refractivity contribution in [2.75, 3.05) is 0 Å². The van der Waals surface area contributed by atoms with Gasteiger partial charge in [0.15, 0.2) is 5.82 Å². The van der Waals surface area contributed by atoms with Crippen molar-refractivity contribution in [3.63, 3.8) is 0 Å². The number of nitrogens with one attached hydrogen (secondary N) is 1. The Morgan fingerprint density at radius 1 is 1.15 bits per heavy atom. The fourth-order valence-electron chi connectivity index (χ4n) is 4.34. The Balaban J connectivity index is 1.79. The van der Waals surface area contributed by atoms with Gasteiger partial charge in [-0.15, -0.1) is 5.10 Å². The number of aryl methyl sites for hydroxylation is 1. The summed E-state index contributed by atoms with van der Waals surface area (Å²) in [6, 6.07) is 12.0. The van der Waals surface area contributed by atoms with Crippen LogP contribution in [0.2, 0.25) is 0 Å². The van der Waals surface area contributed by atoms with E-state index in [4.69, 9.17) is 0 Å². The molecule has 0 aliphatic heterocycles. The van der Waals surface area contributed by atoms with Crippen LogP contribution in [0.5, 0.6) is 0 Å². The molecule has 0 saturated carbocycles. The molecule has 0 bridgehead atoms. The quantitative estimate of drug-likeness (QED) is 0.417. The van der Waals surface area contributed by atoms with E-state index in [0.717, 1.165) is 46.3 Å². The first-order valence-electron chi connectivity index (χ1n) is 11.8. The number of aromatic amines is 1. The summed E-state index contributed by atoms with van der Waals surface area (Å²) in [5.41, 5.74) is 3.47. The van der Waals surface area contributed by atoms with E-state index < -0.39 is 0 Å². The van der Waals surface area contributed by atoms with Crippen LogP contribution in [0.4, 0.5) is 0 Å². The average molecular weight is 460 g/mol. The van der Waals surface area contributed by atoms with Crippen molar-refractivity contribution in [1.82, 2.24) is 35.1 Å². The molecule has 1 atom stereocenters. The molecular formula is C26H33N7O. The molecule has 1 aromatic carbocycles. The minimum absolute atomic E-state index is 0.0629. The summed E-state index contributed by atoms with van der Waals surface area (Å²) in [5.74, 6) is 0.811. The summed E-state index contributed by atoms with van der Waals surface area (Å²) in [5, 5.41) is 13.8. The Kier molecular flexibility index (Phi) is 6.88. The molecule has 0 aliphatic carbocycles. The number of tetrazole rings is 1. The fraction of sp³-hybridized carbons (Fsp3) is 0.423. The second-order valence-electron chi connectivity index (χ2n) is 9.90. The van der Waals surface area contributed by atoms with Gasteiger partial charge in [0.25, 0.3) is 5.56 Å². The number of nitrogens with zero attached hydrogens (tertiary/aromatic N) is 6. The molecule has 4 aromatic rings. The molecule has 0 saturated heterocycles. The van der Waals surface area contributed by atoms with Crippen molar-refractivity contribution in [2.45, 2.75) is 72.1 Å². The van der Waals surface area contributed by atoms with Crippen LogP contribution >= 0.6 is 0 Å². The Morgan fingerprint density at radius 2 is 1.97 bits per heavy atom. The number of hydrogen-bond donors (Lipinski definition) is 1. The predicted octanol–water partition coefficient (Wildman–Crippen LogP) is 4.52. The highest BCUT2D eigenvalue weighted by molar-refractivity contribution is 5.79. The first kappa shape index (κ1) is 23.8. The third-order valence-electron chi connectivity index (χ3n) is 5.99. The van der Waals surface area contributed by atoms with Gasteiger partial charge >= 0.3 is 0 Å². The lowest BCUT2D eigenvalue weighted by Crippen LogP contribution is -2.35. The molecule has 0 spiro atoms. The van der Waals surface area contributed by atoms with E-state index in [-0.39, 0.29) is 17.1 Å². The second-order valence-corrected chi connectivity index (χ2v) is 9.90. The van der Waals surface area contributed by atoms with Gasteiger partial charge < -0.3 is 4.98 Å². The van der Waals surface area contributed by atoms with Crippen molar-refractivity contribution >= 4 is 10.9 Å². The van der Waals surface area contributed by atoms with Crippen molar-refractivity contribution in [3.05, 3.63) is 81.7 Å². The SMILES string of the molecule is CCC[C@H](c1nnnn1C(C)(C)C)N(Cc1cccnc1)Cc1cc2cc(C)ccc2[nH]c1=O. The summed E-state index contributed by atoms with van der Waals surface area (Å²) in [4.78, 5) is 22.7. The summed E-state index contributed by atoms with van der Waals surface area (Å²) in [6.45, 7) is 11.6. The third kappa shape index (κ3) is 5.22. The summed E-state index contributed by atoms with van der Waals surface area (Å²) < 4.78 is 1.90. The zero-order chi connectivity index (χ0) is 24.3. The molecule has 8 nitrogen and oxygen atoms in total. The van der Waals surface area contributed by atoms with Gasteiger partial charge in [0.05, 0.1) is 11.6 Å². The van der Waals surface area contributed by atoms with Gasteiger partial charge in [-0.1, -0.05) is 31.0 Å². The van der Waals surface area contributed by atoms with Crippen LogP contribution in [-0.2, 0) is 18.6 Å². The Hall–Kier alpha value is -3.39. The first-order valence-corrected chi connectivity index (χ1v) is 11.8. The van der Waals surface area contributed by atoms with Crippen LogP contribution in [0.1, 0.15) is 69.1 Å². The first-order chi connectivity index (χ1) is 16.3. The van der Waals surface area contributed by atoms with E-state index >= 15 is 0 Å². The van der Waals surface area contributed by atoms with E-state index in [9.17, 15) is 4.79 Å². The minimum Gasteiger partial charge on any atom is -0.322 e. The van der Waals surface area contributed by atoms with Crippen molar-refractivity contribution in [2.24, 2.45) is 0 Å². The highest BCUT2D eigenvalue weighted by atomic mass is 16.1. The van der Waals surface area contributed by atoms with E-state index in [1.807, 2.05) is 35.1 Å². The maximum Gasteiger partial charge on any atom is 0.252 e. The van der Waals surface area contributed by atoms with Gasteiger partial charge in [0, 0.05) is 36.6 Å². The Morgan fingerprint density at radius 3 is 2.68 bits per heavy atom. The van der Waals surface area contributed by atoms with Gasteiger partial charge in [-0.2, -0.15) is 0 Å². The van der Waals surface area contributed by atoms with Gasteiger partial charge in [0.2, 0.25) is 0 Å². The van der Waals surface area contributed by atoms with Crippen molar-refractivity contribution in [1.29, 1.82) is 0 Å². The second kappa shape index (κ2) is 9.85. The lowest BCUT2D eigenvalue weighted by molar-refractivity contribution is 0.148. The number of hydrogen-bond acceptors (Lipinski definition) is 6. The van der Waals surface area contributed by atoms with Crippen LogP contribution in [0, 0.1) is 6.92 Å². The van der Waals surface area contributed by atoms with Crippen molar-refractivity contribution in [3.8, 4) is 0 Å². The number of aromatic nitrogens is 6. The standard InChI is InChI=1S/C26H33N7O/c1-6-8-23(24-29-30-31-33(24)26(3,4)5)32(16-19-9-7-12-27-15-19)17-21-14-20-13-18(2)10-11-22(20)28-25(21)34/h7,9-15,23H,6,8,16-17H2,1-5H3,(H,28,34)/t23-/m1/s1. The van der Waals surface area contributed by atoms with Crippen LogP contribution in [0.15, 0.2) is 53.6 Å². The lowest BCUT2D eigenvalue weighted by atomic mass is 10.0. The number of rotatable bonds is 8. The van der Waals surface area contributed by atoms with E-state index in [0.29, 0.717) is 13.1 Å². The Labute approximate surface area is 200 Å². The Bertz CT molecular complexity index is 1300. The molecule has 34 heavy (non-hydrogen) atoms. The average Bonchev–Trinajstić information content (AvgIpc) is 3.29. The van der Waals surface area contributed by atoms with E-state index in [2.05, 4.69) is 77.1 Å². The molecule has 0 fully saturated rings. The van der Waals surface area contributed by atoms with Crippen LogP contribution in [0.3, 0.4) is 0 Å². The van der Waals surface area contributed by atoms with Gasteiger partial charge in [-0.25, -0.2) is 4.68 Å². The van der Waals surface area contributed by atoms with E-state index in [1.54, 1.807) is 6.20 Å². The molecule has 8 heteroatoms. The minimum atomic E-state index is -0.261. The third-order valence-corrected chi connectivity index (χ3v) is 5.99. The molecule has 0 aliphatic rings.